The number of nitrogens with zero attached hydrogens (tertiary/aromatic N) is 1. The molecule has 0 radical (unpaired) electrons. The fourth-order valence-corrected chi connectivity index (χ4v) is 6.42. The van der Waals surface area contributed by atoms with Gasteiger partial charge in [0, 0.05) is 18.5 Å². The van der Waals surface area contributed by atoms with Crippen LogP contribution in [0.3, 0.4) is 0 Å². The van der Waals surface area contributed by atoms with E-state index >= 15 is 0 Å². The molecular formula is C19H25NO4. The van der Waals surface area contributed by atoms with Gasteiger partial charge < -0.3 is 14.4 Å². The Balaban J connectivity index is 1.65. The fraction of sp³-hybridized carbons (Fsp3) is 0.789. The fourth-order valence-electron chi connectivity index (χ4n) is 6.42. The van der Waals surface area contributed by atoms with Crippen molar-refractivity contribution in [2.75, 3.05) is 13.1 Å². The first-order valence-electron chi connectivity index (χ1n) is 9.27. The van der Waals surface area contributed by atoms with Gasteiger partial charge in [-0.25, -0.2) is 0 Å². The van der Waals surface area contributed by atoms with E-state index in [-0.39, 0.29) is 35.4 Å². The van der Waals surface area contributed by atoms with Crippen molar-refractivity contribution in [2.24, 2.45) is 16.7 Å². The molecule has 3 aliphatic heterocycles. The molecular weight excluding hydrogens is 306 g/mol. The van der Waals surface area contributed by atoms with Gasteiger partial charge in [0.2, 0.25) is 5.91 Å². The Bertz CT molecular complexity index is 687. The summed E-state index contributed by atoms with van der Waals surface area (Å²) in [7, 11) is 0. The zero-order valence-electron chi connectivity index (χ0n) is 14.6. The Kier molecular flexibility index (Phi) is 2.64. The Morgan fingerprint density at radius 1 is 1.25 bits per heavy atom. The predicted molar refractivity (Wildman–Crippen MR) is 86.0 cm³/mol. The van der Waals surface area contributed by atoms with Gasteiger partial charge in [0.1, 0.15) is 17.8 Å². The lowest BCUT2D eigenvalue weighted by Crippen LogP contribution is -2.59. The van der Waals surface area contributed by atoms with E-state index in [2.05, 4.69) is 20.8 Å². The molecule has 2 saturated heterocycles. The lowest BCUT2D eigenvalue weighted by Gasteiger charge is -2.53. The van der Waals surface area contributed by atoms with Gasteiger partial charge in [0.05, 0.1) is 12.0 Å². The smallest absolute Gasteiger partial charge is 0.312 e. The normalized spacial score (nSPS) is 51.4. The standard InChI is InChI=1S/C19H25NO4/c1-4-8-20-10-19-11(9-12(20)21)17(2)6-5-7-18(3)14(17)13(15(19)24-19)23-16(18)22/h9,13-15H,4-8,10H2,1-3H3/t13-,14+,15?,17+,18?,19?/m0/s1. The second-order valence-corrected chi connectivity index (χ2v) is 8.78. The number of epoxide rings is 1. The van der Waals surface area contributed by atoms with Crippen LogP contribution in [0.25, 0.3) is 0 Å². The summed E-state index contributed by atoms with van der Waals surface area (Å²) >= 11 is 0. The molecule has 24 heavy (non-hydrogen) atoms. The van der Waals surface area contributed by atoms with E-state index in [0.29, 0.717) is 6.54 Å². The molecule has 6 atom stereocenters. The van der Waals surface area contributed by atoms with Gasteiger partial charge in [0.15, 0.2) is 0 Å². The lowest BCUT2D eigenvalue weighted by molar-refractivity contribution is -0.149. The number of amides is 1. The minimum absolute atomic E-state index is 0.0648. The van der Waals surface area contributed by atoms with Crippen molar-refractivity contribution in [1.29, 1.82) is 0 Å². The predicted octanol–water partition coefficient (Wildman–Crippen LogP) is 2.05. The van der Waals surface area contributed by atoms with Gasteiger partial charge >= 0.3 is 5.97 Å². The van der Waals surface area contributed by atoms with Crippen LogP contribution in [-0.4, -0.2) is 47.7 Å². The molecule has 5 rings (SSSR count). The van der Waals surface area contributed by atoms with Crippen LogP contribution in [0.4, 0.5) is 0 Å². The first kappa shape index (κ1) is 14.9. The average molecular weight is 331 g/mol. The number of carbonyl (C=O) groups is 2. The molecule has 130 valence electrons. The van der Waals surface area contributed by atoms with Crippen molar-refractivity contribution >= 4 is 11.9 Å². The van der Waals surface area contributed by atoms with Crippen molar-refractivity contribution in [3.63, 3.8) is 0 Å². The van der Waals surface area contributed by atoms with Crippen molar-refractivity contribution in [3.05, 3.63) is 11.6 Å². The SMILES string of the molecule is CCCN1CC23OC2[C@H]2OC(=O)C4(C)CCC[C@](C)(C3=CC1=O)[C@@H]24. The van der Waals surface area contributed by atoms with Gasteiger partial charge in [-0.1, -0.05) is 20.3 Å². The van der Waals surface area contributed by atoms with Crippen LogP contribution in [0.5, 0.6) is 0 Å². The minimum Gasteiger partial charge on any atom is -0.459 e. The summed E-state index contributed by atoms with van der Waals surface area (Å²) in [5.74, 6) is 0.164. The van der Waals surface area contributed by atoms with E-state index in [0.717, 1.165) is 37.8 Å². The maximum absolute atomic E-state index is 12.6. The van der Waals surface area contributed by atoms with Crippen LogP contribution < -0.4 is 0 Å². The molecule has 5 heteroatoms. The lowest BCUT2D eigenvalue weighted by atomic mass is 9.48. The summed E-state index contributed by atoms with van der Waals surface area (Å²) in [6.07, 6.45) is 5.43. The average Bonchev–Trinajstić information content (AvgIpc) is 3.16. The highest BCUT2D eigenvalue weighted by molar-refractivity contribution is 5.91. The van der Waals surface area contributed by atoms with Gasteiger partial charge in [-0.3, -0.25) is 9.59 Å². The second-order valence-electron chi connectivity index (χ2n) is 8.78. The van der Waals surface area contributed by atoms with Crippen LogP contribution in [0.2, 0.25) is 0 Å². The van der Waals surface area contributed by atoms with E-state index in [4.69, 9.17) is 9.47 Å². The maximum Gasteiger partial charge on any atom is 0.312 e. The number of carbonyl (C=O) groups excluding carboxylic acids is 2. The van der Waals surface area contributed by atoms with E-state index in [1.807, 2.05) is 11.0 Å². The van der Waals surface area contributed by atoms with E-state index in [9.17, 15) is 9.59 Å². The van der Waals surface area contributed by atoms with Crippen LogP contribution in [0.15, 0.2) is 11.6 Å². The maximum atomic E-state index is 12.6. The highest BCUT2D eigenvalue weighted by Crippen LogP contribution is 2.71. The van der Waals surface area contributed by atoms with E-state index < -0.39 is 11.0 Å². The Morgan fingerprint density at radius 2 is 2.00 bits per heavy atom. The molecule has 3 heterocycles. The second kappa shape index (κ2) is 4.24. The Hall–Kier alpha value is -1.36. The molecule has 0 aromatic heterocycles. The molecule has 3 unspecified atom stereocenters. The van der Waals surface area contributed by atoms with E-state index in [1.165, 1.54) is 0 Å². The van der Waals surface area contributed by atoms with Crippen LogP contribution in [0.1, 0.15) is 46.5 Å². The number of esters is 1. The third-order valence-electron chi connectivity index (χ3n) is 7.41. The summed E-state index contributed by atoms with van der Waals surface area (Å²) in [5.41, 5.74) is 0.134. The van der Waals surface area contributed by atoms with Gasteiger partial charge in [-0.2, -0.15) is 0 Å². The molecule has 0 bridgehead atoms. The number of hydrogen-bond acceptors (Lipinski definition) is 4. The Morgan fingerprint density at radius 3 is 2.75 bits per heavy atom. The van der Waals surface area contributed by atoms with Gasteiger partial charge in [-0.15, -0.1) is 0 Å². The molecule has 4 fully saturated rings. The molecule has 2 aliphatic carbocycles. The zero-order chi connectivity index (χ0) is 16.9. The van der Waals surface area contributed by atoms with Crippen molar-refractivity contribution in [3.8, 4) is 0 Å². The quantitative estimate of drug-likeness (QED) is 0.574. The van der Waals surface area contributed by atoms with Gasteiger partial charge in [-0.05, 0) is 37.2 Å². The highest BCUT2D eigenvalue weighted by Gasteiger charge is 2.80. The summed E-state index contributed by atoms with van der Waals surface area (Å²) in [6.45, 7) is 7.74. The largest absolute Gasteiger partial charge is 0.459 e. The van der Waals surface area contributed by atoms with Crippen LogP contribution >= 0.6 is 0 Å². The summed E-state index contributed by atoms with van der Waals surface area (Å²) in [4.78, 5) is 27.2. The minimum atomic E-state index is -0.430. The molecule has 5 aliphatic rings. The van der Waals surface area contributed by atoms with Crippen molar-refractivity contribution in [2.45, 2.75) is 64.3 Å². The van der Waals surface area contributed by atoms with Crippen molar-refractivity contribution < 1.29 is 19.1 Å². The summed E-state index contributed by atoms with van der Waals surface area (Å²) < 4.78 is 12.1. The highest BCUT2D eigenvalue weighted by atomic mass is 16.7. The topological polar surface area (TPSA) is 59.1 Å². The summed E-state index contributed by atoms with van der Waals surface area (Å²) in [6, 6.07) is 0. The molecule has 1 spiro atoms. The molecule has 5 nitrogen and oxygen atoms in total. The molecule has 0 aromatic carbocycles. The third-order valence-corrected chi connectivity index (χ3v) is 7.41. The number of ether oxygens (including phenoxy) is 2. The van der Waals surface area contributed by atoms with E-state index in [1.54, 1.807) is 0 Å². The van der Waals surface area contributed by atoms with Gasteiger partial charge in [0.25, 0.3) is 0 Å². The van der Waals surface area contributed by atoms with Crippen molar-refractivity contribution in [1.82, 2.24) is 4.90 Å². The van der Waals surface area contributed by atoms with Crippen LogP contribution in [0, 0.1) is 16.7 Å². The number of fused-ring (bicyclic) bond motifs is 2. The molecule has 1 amide bonds. The van der Waals surface area contributed by atoms with Crippen LogP contribution in [-0.2, 0) is 19.1 Å². The first-order valence-corrected chi connectivity index (χ1v) is 9.27. The molecule has 0 N–H and O–H groups in total. The number of rotatable bonds is 2. The zero-order valence-corrected chi connectivity index (χ0v) is 14.6. The third kappa shape index (κ3) is 1.47. The molecule has 2 saturated carbocycles. The monoisotopic (exact) mass is 331 g/mol. The first-order chi connectivity index (χ1) is 11.4. The number of hydrogen-bond donors (Lipinski definition) is 0. The molecule has 0 aromatic rings. The summed E-state index contributed by atoms with van der Waals surface area (Å²) in [5, 5.41) is 0. The Labute approximate surface area is 142 Å².